The van der Waals surface area contributed by atoms with Gasteiger partial charge in [0.15, 0.2) is 0 Å². The summed E-state index contributed by atoms with van der Waals surface area (Å²) >= 11 is 0. The van der Waals surface area contributed by atoms with Gasteiger partial charge in [0.25, 0.3) is 0 Å². The van der Waals surface area contributed by atoms with Crippen molar-refractivity contribution in [2.24, 2.45) is 4.99 Å². The molecule has 1 N–H and O–H groups in total. The Hall–Kier alpha value is -2.29. The molecule has 0 radical (unpaired) electrons. The van der Waals surface area contributed by atoms with Crippen LogP contribution in [0.1, 0.15) is 37.7 Å². The summed E-state index contributed by atoms with van der Waals surface area (Å²) in [4.78, 5) is 4.53. The maximum Gasteiger partial charge on any atom is 0.118 e. The predicted octanol–water partition coefficient (Wildman–Crippen LogP) is 5.19. The van der Waals surface area contributed by atoms with Crippen molar-refractivity contribution in [3.8, 4) is 5.75 Å². The van der Waals surface area contributed by atoms with Gasteiger partial charge in [0, 0.05) is 17.9 Å². The van der Waals surface area contributed by atoms with Gasteiger partial charge < -0.3 is 10.1 Å². The van der Waals surface area contributed by atoms with E-state index >= 15 is 0 Å². The number of methoxy groups -OCH3 is 1. The first-order chi connectivity index (χ1) is 11.3. The van der Waals surface area contributed by atoms with Crippen molar-refractivity contribution in [1.82, 2.24) is 0 Å². The summed E-state index contributed by atoms with van der Waals surface area (Å²) in [6, 6.07) is 16.9. The lowest BCUT2D eigenvalue weighted by Gasteiger charge is -2.23. The number of hydrogen-bond donors (Lipinski definition) is 1. The molecule has 1 fully saturated rings. The molecule has 0 amide bonds. The summed E-state index contributed by atoms with van der Waals surface area (Å²) < 4.78 is 5.16. The van der Waals surface area contributed by atoms with Crippen LogP contribution in [0.4, 0.5) is 11.4 Å². The second-order valence-electron chi connectivity index (χ2n) is 6.06. The lowest BCUT2D eigenvalue weighted by atomic mass is 9.95. The number of rotatable bonds is 5. The van der Waals surface area contributed by atoms with E-state index in [1.807, 2.05) is 30.5 Å². The van der Waals surface area contributed by atoms with Crippen LogP contribution in [0.25, 0.3) is 0 Å². The third kappa shape index (κ3) is 4.59. The van der Waals surface area contributed by atoms with Gasteiger partial charge in [0.05, 0.1) is 12.8 Å². The van der Waals surface area contributed by atoms with Gasteiger partial charge in [-0.05, 0) is 66.9 Å². The molecule has 0 unspecified atom stereocenters. The molecular formula is C20H24N2O. The van der Waals surface area contributed by atoms with Gasteiger partial charge in [-0.3, -0.25) is 4.99 Å². The van der Waals surface area contributed by atoms with Gasteiger partial charge in [-0.25, -0.2) is 0 Å². The molecule has 3 rings (SSSR count). The smallest absolute Gasteiger partial charge is 0.118 e. The first kappa shape index (κ1) is 15.6. The van der Waals surface area contributed by atoms with Gasteiger partial charge in [0.2, 0.25) is 0 Å². The molecule has 23 heavy (non-hydrogen) atoms. The number of anilines is 1. The Balaban J connectivity index is 1.58. The largest absolute Gasteiger partial charge is 0.497 e. The van der Waals surface area contributed by atoms with Crippen LogP contribution in [0.3, 0.4) is 0 Å². The van der Waals surface area contributed by atoms with Crippen molar-refractivity contribution in [2.75, 3.05) is 12.4 Å². The highest BCUT2D eigenvalue weighted by atomic mass is 16.5. The average molecular weight is 308 g/mol. The molecule has 120 valence electrons. The first-order valence-corrected chi connectivity index (χ1v) is 8.38. The number of nitrogens with one attached hydrogen (secondary N) is 1. The second kappa shape index (κ2) is 7.82. The van der Waals surface area contributed by atoms with Crippen LogP contribution in [0.5, 0.6) is 5.75 Å². The standard InChI is InChI=1S/C20H24N2O/c1-23-20-13-7-16(8-14-20)15-21-17-9-11-19(12-10-17)22-18-5-3-2-4-6-18/h7-15,18,22H,2-6H2,1H3. The Morgan fingerprint density at radius 3 is 2.30 bits per heavy atom. The SMILES string of the molecule is COc1ccc(C=Nc2ccc(NC3CCCCC3)cc2)cc1. The molecule has 1 saturated carbocycles. The molecule has 1 aliphatic carbocycles. The Bertz CT molecular complexity index is 626. The number of ether oxygens (including phenoxy) is 1. The molecule has 2 aromatic rings. The summed E-state index contributed by atoms with van der Waals surface area (Å²) in [5.74, 6) is 0.861. The highest BCUT2D eigenvalue weighted by molar-refractivity contribution is 5.82. The second-order valence-corrected chi connectivity index (χ2v) is 6.06. The summed E-state index contributed by atoms with van der Waals surface area (Å²) in [6.07, 6.45) is 8.54. The van der Waals surface area contributed by atoms with Gasteiger partial charge in [0.1, 0.15) is 5.75 Å². The van der Waals surface area contributed by atoms with Crippen LogP contribution in [0.2, 0.25) is 0 Å². The summed E-state index contributed by atoms with van der Waals surface area (Å²) in [7, 11) is 1.67. The lowest BCUT2D eigenvalue weighted by Crippen LogP contribution is -2.21. The normalized spacial score (nSPS) is 15.7. The van der Waals surface area contributed by atoms with E-state index in [0.717, 1.165) is 17.0 Å². The lowest BCUT2D eigenvalue weighted by molar-refractivity contribution is 0.415. The quantitative estimate of drug-likeness (QED) is 0.771. The van der Waals surface area contributed by atoms with Gasteiger partial charge in [-0.15, -0.1) is 0 Å². The van der Waals surface area contributed by atoms with Gasteiger partial charge in [-0.1, -0.05) is 19.3 Å². The molecule has 0 spiro atoms. The highest BCUT2D eigenvalue weighted by Crippen LogP contribution is 2.23. The Morgan fingerprint density at radius 1 is 0.957 bits per heavy atom. The minimum atomic E-state index is 0.636. The van der Waals surface area contributed by atoms with E-state index in [1.54, 1.807) is 7.11 Å². The summed E-state index contributed by atoms with van der Waals surface area (Å²) in [6.45, 7) is 0. The fourth-order valence-corrected chi connectivity index (χ4v) is 2.97. The van der Waals surface area contributed by atoms with Crippen molar-refractivity contribution in [1.29, 1.82) is 0 Å². The van der Waals surface area contributed by atoms with Crippen LogP contribution < -0.4 is 10.1 Å². The third-order valence-electron chi connectivity index (χ3n) is 4.32. The fraction of sp³-hybridized carbons (Fsp3) is 0.350. The van der Waals surface area contributed by atoms with E-state index in [-0.39, 0.29) is 0 Å². The number of hydrogen-bond acceptors (Lipinski definition) is 3. The topological polar surface area (TPSA) is 33.6 Å². The Labute approximate surface area is 138 Å². The molecule has 0 saturated heterocycles. The van der Waals surface area contributed by atoms with Crippen LogP contribution in [-0.2, 0) is 0 Å². The fourth-order valence-electron chi connectivity index (χ4n) is 2.97. The highest BCUT2D eigenvalue weighted by Gasteiger charge is 2.12. The van der Waals surface area contributed by atoms with Crippen molar-refractivity contribution in [2.45, 2.75) is 38.1 Å². The number of benzene rings is 2. The van der Waals surface area contributed by atoms with Crippen molar-refractivity contribution >= 4 is 17.6 Å². The molecular weight excluding hydrogens is 284 g/mol. The van der Waals surface area contributed by atoms with E-state index in [0.29, 0.717) is 6.04 Å². The molecule has 1 aliphatic rings. The van der Waals surface area contributed by atoms with Crippen LogP contribution in [0.15, 0.2) is 53.5 Å². The molecule has 2 aromatic carbocycles. The molecule has 0 atom stereocenters. The van der Waals surface area contributed by atoms with E-state index in [1.165, 1.54) is 37.8 Å². The van der Waals surface area contributed by atoms with Gasteiger partial charge in [-0.2, -0.15) is 0 Å². The molecule has 3 heteroatoms. The third-order valence-corrected chi connectivity index (χ3v) is 4.32. The zero-order chi connectivity index (χ0) is 15.9. The Kier molecular flexibility index (Phi) is 5.30. The Morgan fingerprint density at radius 2 is 1.65 bits per heavy atom. The number of nitrogens with zero attached hydrogens (tertiary/aromatic N) is 1. The maximum absolute atomic E-state index is 5.16. The van der Waals surface area contributed by atoms with Crippen molar-refractivity contribution in [3.63, 3.8) is 0 Å². The minimum absolute atomic E-state index is 0.636. The minimum Gasteiger partial charge on any atom is -0.497 e. The molecule has 0 heterocycles. The van der Waals surface area contributed by atoms with Crippen LogP contribution in [0, 0.1) is 0 Å². The number of aliphatic imine (C=N–C) groups is 1. The zero-order valence-electron chi connectivity index (χ0n) is 13.7. The van der Waals surface area contributed by atoms with Crippen LogP contribution >= 0.6 is 0 Å². The van der Waals surface area contributed by atoms with Crippen molar-refractivity contribution in [3.05, 3.63) is 54.1 Å². The molecule has 0 bridgehead atoms. The van der Waals surface area contributed by atoms with E-state index in [4.69, 9.17) is 4.74 Å². The predicted molar refractivity (Wildman–Crippen MR) is 97.2 cm³/mol. The summed E-state index contributed by atoms with van der Waals surface area (Å²) in [5, 5.41) is 3.63. The monoisotopic (exact) mass is 308 g/mol. The molecule has 3 nitrogen and oxygen atoms in total. The summed E-state index contributed by atoms with van der Waals surface area (Å²) in [5.41, 5.74) is 3.23. The first-order valence-electron chi connectivity index (χ1n) is 8.38. The van der Waals surface area contributed by atoms with E-state index in [2.05, 4.69) is 34.6 Å². The van der Waals surface area contributed by atoms with E-state index in [9.17, 15) is 0 Å². The maximum atomic E-state index is 5.16. The molecule has 0 aromatic heterocycles. The molecule has 0 aliphatic heterocycles. The average Bonchev–Trinajstić information content (AvgIpc) is 2.62. The van der Waals surface area contributed by atoms with Crippen molar-refractivity contribution < 1.29 is 4.74 Å². The zero-order valence-corrected chi connectivity index (χ0v) is 13.7. The van der Waals surface area contributed by atoms with Gasteiger partial charge >= 0.3 is 0 Å². The van der Waals surface area contributed by atoms with Crippen LogP contribution in [-0.4, -0.2) is 19.4 Å². The van der Waals surface area contributed by atoms with E-state index < -0.39 is 0 Å².